The predicted octanol–water partition coefficient (Wildman–Crippen LogP) is 6.42. The molecule has 3 aromatic carbocycles. The maximum atomic E-state index is 14.6. The van der Waals surface area contributed by atoms with E-state index >= 15 is 0 Å². The second-order valence-electron chi connectivity index (χ2n) is 17.9. The minimum atomic E-state index is -2.06. The Balaban J connectivity index is 1.43. The van der Waals surface area contributed by atoms with Gasteiger partial charge in [0.25, 0.3) is 11.7 Å². The van der Waals surface area contributed by atoms with Crippen LogP contribution in [0, 0.1) is 30.6 Å². The van der Waals surface area contributed by atoms with Gasteiger partial charge in [0.1, 0.15) is 23.4 Å². The van der Waals surface area contributed by atoms with Crippen LogP contribution in [-0.4, -0.2) is 129 Å². The number of carbonyl (C=O) groups is 3. The lowest BCUT2D eigenvalue weighted by molar-refractivity contribution is -0.160. The van der Waals surface area contributed by atoms with Gasteiger partial charge in [0.05, 0.1) is 53.0 Å². The zero-order valence-electron chi connectivity index (χ0n) is 39.6. The number of Topliss-reactive ketones (excluding diaryl/α,β-unsaturated/α-hetero) is 1. The smallest absolute Gasteiger partial charge is 0.312 e. The van der Waals surface area contributed by atoms with Crippen molar-refractivity contribution in [3.8, 4) is 23.0 Å². The zero-order valence-corrected chi connectivity index (χ0v) is 39.6. The lowest BCUT2D eigenvalue weighted by Gasteiger charge is -2.38. The normalized spacial score (nSPS) is 29.7. The molecule has 0 saturated carbocycles. The summed E-state index contributed by atoms with van der Waals surface area (Å²) in [7, 11) is 1.44. The lowest BCUT2D eigenvalue weighted by atomic mass is 9.78. The van der Waals surface area contributed by atoms with Crippen molar-refractivity contribution in [2.24, 2.45) is 28.8 Å². The molecular formula is C51H64N4O12. The molecule has 16 heteroatoms. The number of aliphatic hydroxyl groups is 2. The molecule has 0 aliphatic carbocycles. The van der Waals surface area contributed by atoms with Gasteiger partial charge >= 0.3 is 11.8 Å². The van der Waals surface area contributed by atoms with Crippen LogP contribution in [0.4, 0.5) is 5.69 Å². The molecule has 16 nitrogen and oxygen atoms in total. The summed E-state index contributed by atoms with van der Waals surface area (Å²) in [5, 5.41) is 67.6. The molecule has 0 aromatic heterocycles. The number of nitrogens with one attached hydrogen (secondary N) is 1. The summed E-state index contributed by atoms with van der Waals surface area (Å²) in [5.74, 6) is -8.44. The molecule has 360 valence electrons. The van der Waals surface area contributed by atoms with E-state index in [0.29, 0.717) is 26.2 Å². The number of esters is 1. The quantitative estimate of drug-likeness (QED) is 0.0652. The summed E-state index contributed by atoms with van der Waals surface area (Å²) in [6.45, 7) is 15.7. The number of hydrogen-bond acceptors (Lipinski definition) is 15. The fourth-order valence-electron chi connectivity index (χ4n) is 8.95. The molecular weight excluding hydrogens is 861 g/mol. The van der Waals surface area contributed by atoms with Gasteiger partial charge in [-0.05, 0) is 25.5 Å². The van der Waals surface area contributed by atoms with Gasteiger partial charge in [-0.25, -0.2) is 0 Å². The Kier molecular flexibility index (Phi) is 15.9. The Hall–Kier alpha value is -6.20. The van der Waals surface area contributed by atoms with Crippen LogP contribution in [0.2, 0.25) is 0 Å². The lowest BCUT2D eigenvalue weighted by Crippen LogP contribution is -2.46. The molecule has 7 rings (SSSR count). The monoisotopic (exact) mass is 924 g/mol. The van der Waals surface area contributed by atoms with Gasteiger partial charge in [-0.15, -0.1) is 0 Å². The van der Waals surface area contributed by atoms with Crippen LogP contribution in [0.3, 0.4) is 0 Å². The van der Waals surface area contributed by atoms with E-state index in [1.807, 2.05) is 30.3 Å². The second kappa shape index (κ2) is 21.2. The molecule has 4 aliphatic rings. The van der Waals surface area contributed by atoms with Gasteiger partial charge < -0.3 is 49.8 Å². The van der Waals surface area contributed by atoms with Gasteiger partial charge in [0.15, 0.2) is 5.75 Å². The number of methoxy groups -OCH3 is 1. The van der Waals surface area contributed by atoms with Crippen molar-refractivity contribution in [3.05, 3.63) is 94.8 Å². The van der Waals surface area contributed by atoms with Crippen LogP contribution in [0.15, 0.2) is 77.6 Å². The Morgan fingerprint density at radius 1 is 0.925 bits per heavy atom. The average Bonchev–Trinajstić information content (AvgIpc) is 3.57. The summed E-state index contributed by atoms with van der Waals surface area (Å²) in [4.78, 5) is 43.1. The number of fused-ring (bicyclic) bond motifs is 14. The van der Waals surface area contributed by atoms with E-state index in [1.54, 1.807) is 44.9 Å². The number of hydrazone groups is 1. The van der Waals surface area contributed by atoms with E-state index in [2.05, 4.69) is 27.5 Å². The maximum Gasteiger partial charge on any atom is 0.312 e. The predicted molar refractivity (Wildman–Crippen MR) is 255 cm³/mol. The van der Waals surface area contributed by atoms with E-state index in [4.69, 9.17) is 18.9 Å². The van der Waals surface area contributed by atoms with Gasteiger partial charge in [-0.1, -0.05) is 88.4 Å². The molecule has 5 bridgehead atoms. The molecule has 1 saturated heterocycles. The molecule has 6 N–H and O–H groups in total. The first kappa shape index (κ1) is 50.2. The first-order valence-corrected chi connectivity index (χ1v) is 22.6. The number of aliphatic hydroxyl groups excluding tert-OH is 2. The Labute approximate surface area is 391 Å². The van der Waals surface area contributed by atoms with Crippen LogP contribution in [-0.2, 0) is 23.8 Å². The number of ketones is 1. The number of phenols is 3. The zero-order chi connectivity index (χ0) is 48.9. The molecule has 4 aliphatic heterocycles. The van der Waals surface area contributed by atoms with Crippen LogP contribution in [0.5, 0.6) is 23.0 Å². The standard InChI is InChI=1S/C51H64N4O12/c1-28-15-13-16-29(2)50(63)53-41-36(27-52-55-24-22-54(23-25-55)21-14-19-35-17-11-10-12-18-35)45(60)38-39(46(41)61)44(59)33(6)48-40(38)49(62)51(8,67-48)65-26-20-37(64-9)30(3)47(66-34(7)56)32(5)43(58)31(4)42(28)57/h10-20,26-28,30-32,37,42-43,47,57-61H,21-25H2,1-9H3,(H,53,63)/b15-13+,19-14+,26-20+,29-16-,52-27+/t28-,30-,31-,32+,37+,42-,43+,47-,51+/m1/s1. The number of ether oxygens (including phenoxy) is 4. The van der Waals surface area contributed by atoms with Crippen molar-refractivity contribution in [2.45, 2.75) is 85.6 Å². The fraction of sp³-hybridized carbons (Fsp3) is 0.451. The maximum absolute atomic E-state index is 14.6. The van der Waals surface area contributed by atoms with Crippen LogP contribution in [0.1, 0.15) is 75.5 Å². The summed E-state index contributed by atoms with van der Waals surface area (Å²) in [6.07, 6.45) is 9.03. The van der Waals surface area contributed by atoms with Crippen molar-refractivity contribution < 1.29 is 58.9 Å². The number of carbonyl (C=O) groups excluding carboxylic acids is 3. The largest absolute Gasteiger partial charge is 0.507 e. The number of amides is 1. The van der Waals surface area contributed by atoms with Gasteiger partial charge in [0, 0.05) is 93.9 Å². The van der Waals surface area contributed by atoms with Crippen LogP contribution in [0.25, 0.3) is 16.8 Å². The minimum absolute atomic E-state index is 0.0504. The highest BCUT2D eigenvalue weighted by Gasteiger charge is 2.50. The third-order valence-corrected chi connectivity index (χ3v) is 13.2. The number of allylic oxidation sites excluding steroid dienone is 2. The van der Waals surface area contributed by atoms with Crippen molar-refractivity contribution >= 4 is 46.4 Å². The Morgan fingerprint density at radius 3 is 2.27 bits per heavy atom. The SMILES string of the molecule is CO[C@H]1/C=C/O[C@@]2(C)Oc3c(C)c(O)c4c(O)c(c(/C=N/N5CCN(C/C=C/c6ccccc6)CC5)c(O)c4c3C2=O)NC(=O)/C(C)=C\C=C\[C@@H](C)[C@@H](O)[C@@H](C)[C@H](O)[C@H](C)[C@H](OC(C)=O)[C@@H]1C. The summed E-state index contributed by atoms with van der Waals surface area (Å²) >= 11 is 0. The third-order valence-electron chi connectivity index (χ3n) is 13.2. The van der Waals surface area contributed by atoms with Crippen LogP contribution >= 0.6 is 0 Å². The molecule has 0 spiro atoms. The topological polar surface area (TPSA) is 220 Å². The number of phenolic OH excluding ortho intramolecular Hbond substituents is 3. The number of rotatable bonds is 7. The van der Waals surface area contributed by atoms with Gasteiger partial charge in [-0.3, -0.25) is 24.3 Å². The molecule has 1 amide bonds. The highest BCUT2D eigenvalue weighted by atomic mass is 16.7. The molecule has 4 heterocycles. The van der Waals surface area contributed by atoms with E-state index < -0.39 is 88.8 Å². The number of benzene rings is 3. The number of piperazine rings is 1. The molecule has 1 fully saturated rings. The van der Waals surface area contributed by atoms with E-state index in [9.17, 15) is 39.9 Å². The number of anilines is 1. The van der Waals surface area contributed by atoms with E-state index in [1.165, 1.54) is 59.4 Å². The first-order chi connectivity index (χ1) is 31.8. The molecule has 9 atom stereocenters. The van der Waals surface area contributed by atoms with Crippen molar-refractivity contribution in [2.75, 3.05) is 45.2 Å². The second-order valence-corrected chi connectivity index (χ2v) is 17.9. The minimum Gasteiger partial charge on any atom is -0.507 e. The highest BCUT2D eigenvalue weighted by Crippen LogP contribution is 2.55. The Bertz CT molecular complexity index is 2480. The number of aromatic hydroxyl groups is 3. The third kappa shape index (κ3) is 10.7. The van der Waals surface area contributed by atoms with Gasteiger partial charge in [-0.2, -0.15) is 5.10 Å². The average molecular weight is 925 g/mol. The van der Waals surface area contributed by atoms with Crippen molar-refractivity contribution in [3.63, 3.8) is 0 Å². The number of nitrogens with zero attached hydrogens (tertiary/aromatic N) is 3. The van der Waals surface area contributed by atoms with E-state index in [0.717, 1.165) is 12.1 Å². The summed E-state index contributed by atoms with van der Waals surface area (Å²) in [5.41, 5.74) is 0.718. The first-order valence-electron chi connectivity index (χ1n) is 22.6. The molecule has 67 heavy (non-hydrogen) atoms. The number of hydrogen-bond donors (Lipinski definition) is 6. The Morgan fingerprint density at radius 2 is 1.61 bits per heavy atom. The van der Waals surface area contributed by atoms with E-state index in [-0.39, 0.29) is 44.5 Å². The van der Waals surface area contributed by atoms with Crippen molar-refractivity contribution in [1.82, 2.24) is 9.91 Å². The van der Waals surface area contributed by atoms with Crippen molar-refractivity contribution in [1.29, 1.82) is 0 Å². The molecule has 0 unspecified atom stereocenters. The fourth-order valence-corrected chi connectivity index (χ4v) is 8.95. The van der Waals surface area contributed by atoms with Gasteiger partial charge in [0.2, 0.25) is 0 Å². The molecule has 0 radical (unpaired) electrons. The summed E-state index contributed by atoms with van der Waals surface area (Å²) < 4.78 is 23.7. The highest BCUT2D eigenvalue weighted by molar-refractivity contribution is 6.23. The summed E-state index contributed by atoms with van der Waals surface area (Å²) in [6, 6.07) is 10.0. The van der Waals surface area contributed by atoms with Crippen LogP contribution < -0.4 is 10.1 Å². The molecule has 3 aromatic rings.